The molecule has 3 amide bonds. The van der Waals surface area contributed by atoms with E-state index in [-0.39, 0.29) is 30.3 Å². The highest BCUT2D eigenvalue weighted by Gasteiger charge is 2.31. The third kappa shape index (κ3) is 7.21. The summed E-state index contributed by atoms with van der Waals surface area (Å²) in [5.41, 5.74) is -0.538. The SMILES string of the molecule is CCC(=O)N[C@H]1CC[C@@H](CCNC(=O)Nc2ccc(C(F)(F)F)cc2)O[C@H]1CO. The van der Waals surface area contributed by atoms with Crippen molar-refractivity contribution in [2.45, 2.75) is 57.0 Å². The molecular weight excluding hydrogens is 391 g/mol. The predicted octanol–water partition coefficient (Wildman–Crippen LogP) is 2.65. The number of hydrogen-bond donors (Lipinski definition) is 4. The molecule has 1 aliphatic rings. The van der Waals surface area contributed by atoms with Gasteiger partial charge >= 0.3 is 12.2 Å². The molecule has 1 aromatic rings. The number of carbonyl (C=O) groups is 2. The van der Waals surface area contributed by atoms with Gasteiger partial charge in [0.15, 0.2) is 0 Å². The van der Waals surface area contributed by atoms with Gasteiger partial charge in [-0.05, 0) is 43.5 Å². The van der Waals surface area contributed by atoms with Crippen molar-refractivity contribution in [3.63, 3.8) is 0 Å². The molecule has 3 atom stereocenters. The number of benzene rings is 1. The van der Waals surface area contributed by atoms with Crippen molar-refractivity contribution in [2.24, 2.45) is 0 Å². The highest BCUT2D eigenvalue weighted by Crippen LogP contribution is 2.29. The van der Waals surface area contributed by atoms with E-state index >= 15 is 0 Å². The zero-order valence-corrected chi connectivity index (χ0v) is 16.1. The van der Waals surface area contributed by atoms with Gasteiger partial charge < -0.3 is 25.8 Å². The summed E-state index contributed by atoms with van der Waals surface area (Å²) in [5.74, 6) is -0.0999. The quantitative estimate of drug-likeness (QED) is 0.548. The molecule has 1 fully saturated rings. The van der Waals surface area contributed by atoms with Gasteiger partial charge in [-0.1, -0.05) is 6.92 Å². The molecule has 29 heavy (non-hydrogen) atoms. The maximum atomic E-state index is 12.5. The summed E-state index contributed by atoms with van der Waals surface area (Å²) < 4.78 is 43.4. The molecule has 0 unspecified atom stereocenters. The lowest BCUT2D eigenvalue weighted by Gasteiger charge is -2.36. The molecule has 4 N–H and O–H groups in total. The van der Waals surface area contributed by atoms with Gasteiger partial charge in [-0.3, -0.25) is 4.79 Å². The minimum absolute atomic E-state index is 0.0999. The first-order valence-corrected chi connectivity index (χ1v) is 9.50. The Labute approximate surface area is 167 Å². The van der Waals surface area contributed by atoms with Gasteiger partial charge in [-0.2, -0.15) is 13.2 Å². The van der Waals surface area contributed by atoms with E-state index in [0.717, 1.165) is 12.1 Å². The molecule has 2 rings (SSSR count). The second-order valence-electron chi connectivity index (χ2n) is 6.83. The van der Waals surface area contributed by atoms with Crippen molar-refractivity contribution in [3.8, 4) is 0 Å². The van der Waals surface area contributed by atoms with E-state index < -0.39 is 23.9 Å². The van der Waals surface area contributed by atoms with Crippen LogP contribution < -0.4 is 16.0 Å². The maximum Gasteiger partial charge on any atom is 0.416 e. The Morgan fingerprint density at radius 1 is 1.21 bits per heavy atom. The minimum atomic E-state index is -4.43. The number of urea groups is 1. The monoisotopic (exact) mass is 417 g/mol. The van der Waals surface area contributed by atoms with Gasteiger partial charge in [0.25, 0.3) is 0 Å². The van der Waals surface area contributed by atoms with Crippen molar-refractivity contribution in [1.29, 1.82) is 0 Å². The van der Waals surface area contributed by atoms with Crippen LogP contribution in [0.5, 0.6) is 0 Å². The number of rotatable bonds is 7. The van der Waals surface area contributed by atoms with Crippen molar-refractivity contribution in [3.05, 3.63) is 29.8 Å². The number of amides is 3. The first-order chi connectivity index (χ1) is 13.7. The Bertz CT molecular complexity index is 682. The topological polar surface area (TPSA) is 99.7 Å². The Morgan fingerprint density at radius 3 is 2.48 bits per heavy atom. The van der Waals surface area contributed by atoms with Crippen LogP contribution in [0.15, 0.2) is 24.3 Å². The maximum absolute atomic E-state index is 12.5. The first kappa shape index (κ1) is 23.0. The number of ether oxygens (including phenoxy) is 1. The third-order valence-corrected chi connectivity index (χ3v) is 4.69. The fourth-order valence-corrected chi connectivity index (χ4v) is 3.08. The van der Waals surface area contributed by atoms with E-state index in [2.05, 4.69) is 16.0 Å². The summed E-state index contributed by atoms with van der Waals surface area (Å²) in [6.45, 7) is 1.82. The second-order valence-corrected chi connectivity index (χ2v) is 6.83. The molecule has 0 aromatic heterocycles. The van der Waals surface area contributed by atoms with Crippen molar-refractivity contribution < 1.29 is 32.6 Å². The van der Waals surface area contributed by atoms with Crippen LogP contribution in [0, 0.1) is 0 Å². The number of nitrogens with one attached hydrogen (secondary N) is 3. The van der Waals surface area contributed by atoms with Crippen LogP contribution >= 0.6 is 0 Å². The van der Waals surface area contributed by atoms with Crippen molar-refractivity contribution >= 4 is 17.6 Å². The zero-order chi connectivity index (χ0) is 21.4. The van der Waals surface area contributed by atoms with Gasteiger partial charge in [-0.25, -0.2) is 4.79 Å². The highest BCUT2D eigenvalue weighted by molar-refractivity contribution is 5.89. The number of carbonyl (C=O) groups excluding carboxylic acids is 2. The highest BCUT2D eigenvalue weighted by atomic mass is 19.4. The number of aliphatic hydroxyl groups excluding tert-OH is 1. The molecule has 0 spiro atoms. The van der Waals surface area contributed by atoms with Crippen LogP contribution in [0.3, 0.4) is 0 Å². The van der Waals surface area contributed by atoms with Gasteiger partial charge in [0.05, 0.1) is 24.3 Å². The number of aliphatic hydroxyl groups is 1. The smallest absolute Gasteiger partial charge is 0.394 e. The summed E-state index contributed by atoms with van der Waals surface area (Å²) in [4.78, 5) is 23.4. The van der Waals surface area contributed by atoms with E-state index in [1.54, 1.807) is 6.92 Å². The number of alkyl halides is 3. The predicted molar refractivity (Wildman–Crippen MR) is 100 cm³/mol. The summed E-state index contributed by atoms with van der Waals surface area (Å²) in [7, 11) is 0. The minimum Gasteiger partial charge on any atom is -0.394 e. The van der Waals surface area contributed by atoms with Crippen LogP contribution in [0.2, 0.25) is 0 Å². The molecule has 1 saturated heterocycles. The lowest BCUT2D eigenvalue weighted by atomic mass is 9.97. The summed E-state index contributed by atoms with van der Waals surface area (Å²) in [6.07, 6.45) is -2.89. The molecule has 0 aliphatic carbocycles. The van der Waals surface area contributed by atoms with Gasteiger partial charge in [-0.15, -0.1) is 0 Å². The molecule has 0 saturated carbocycles. The summed E-state index contributed by atoms with van der Waals surface area (Å²) in [5, 5.41) is 17.4. The van der Waals surface area contributed by atoms with Crippen LogP contribution in [0.25, 0.3) is 0 Å². The molecule has 7 nitrogen and oxygen atoms in total. The molecule has 1 aromatic carbocycles. The molecule has 0 bridgehead atoms. The molecule has 1 aliphatic heterocycles. The van der Waals surface area contributed by atoms with Crippen molar-refractivity contribution in [1.82, 2.24) is 10.6 Å². The lowest BCUT2D eigenvalue weighted by molar-refractivity contribution is -0.137. The largest absolute Gasteiger partial charge is 0.416 e. The molecule has 0 radical (unpaired) electrons. The number of hydrogen-bond acceptors (Lipinski definition) is 4. The molecule has 10 heteroatoms. The first-order valence-electron chi connectivity index (χ1n) is 9.50. The van der Waals surface area contributed by atoms with Gasteiger partial charge in [0.1, 0.15) is 6.10 Å². The van der Waals surface area contributed by atoms with Gasteiger partial charge in [0.2, 0.25) is 5.91 Å². The number of halogens is 3. The molecular formula is C19H26F3N3O4. The fraction of sp³-hybridized carbons (Fsp3) is 0.579. The second kappa shape index (κ2) is 10.4. The lowest BCUT2D eigenvalue weighted by Crippen LogP contribution is -2.51. The standard InChI is InChI=1S/C19H26F3N3O4/c1-2-17(27)25-15-8-7-14(29-16(15)11-26)9-10-23-18(28)24-13-5-3-12(4-6-13)19(20,21)22/h3-6,14-16,26H,2,7-11H2,1H3,(H,25,27)(H2,23,24,28)/t14-,15-,16-/m0/s1. The van der Waals surface area contributed by atoms with Crippen LogP contribution in [-0.2, 0) is 15.7 Å². The average Bonchev–Trinajstić information content (AvgIpc) is 2.68. The van der Waals surface area contributed by atoms with Crippen LogP contribution in [-0.4, -0.2) is 48.4 Å². The Kier molecular flexibility index (Phi) is 8.27. The molecule has 1 heterocycles. The Hall–Kier alpha value is -2.33. The van der Waals surface area contributed by atoms with Crippen molar-refractivity contribution in [2.75, 3.05) is 18.5 Å². The zero-order valence-electron chi connectivity index (χ0n) is 16.1. The number of anilines is 1. The van der Waals surface area contributed by atoms with Crippen LogP contribution in [0.1, 0.15) is 38.2 Å². The summed E-state index contributed by atoms with van der Waals surface area (Å²) >= 11 is 0. The van der Waals surface area contributed by atoms with Crippen LogP contribution in [0.4, 0.5) is 23.7 Å². The van der Waals surface area contributed by atoms with Gasteiger partial charge in [0, 0.05) is 18.7 Å². The van der Waals surface area contributed by atoms with E-state index in [1.807, 2.05) is 0 Å². The fourth-order valence-electron chi connectivity index (χ4n) is 3.08. The normalized spacial score (nSPS) is 22.0. The molecule has 162 valence electrons. The van der Waals surface area contributed by atoms with E-state index in [0.29, 0.717) is 32.2 Å². The average molecular weight is 417 g/mol. The Balaban J connectivity index is 1.73. The van der Waals surface area contributed by atoms with E-state index in [4.69, 9.17) is 4.74 Å². The van der Waals surface area contributed by atoms with E-state index in [9.17, 15) is 27.9 Å². The van der Waals surface area contributed by atoms with E-state index in [1.165, 1.54) is 12.1 Å². The Morgan fingerprint density at radius 2 is 1.90 bits per heavy atom. The summed E-state index contributed by atoms with van der Waals surface area (Å²) in [6, 6.07) is 3.39. The third-order valence-electron chi connectivity index (χ3n) is 4.69.